The van der Waals surface area contributed by atoms with Gasteiger partial charge in [0.25, 0.3) is 0 Å². The molecule has 158 valence electrons. The highest BCUT2D eigenvalue weighted by molar-refractivity contribution is 7.89. The maximum atomic E-state index is 12.9. The fraction of sp³-hybridized carbons (Fsp3) is 0.333. The zero-order chi connectivity index (χ0) is 21.5. The molecule has 0 atom stereocenters. The molecule has 0 spiro atoms. The molecule has 0 aliphatic carbocycles. The Morgan fingerprint density at radius 1 is 1.00 bits per heavy atom. The Balaban J connectivity index is 1.45. The first-order valence-corrected chi connectivity index (χ1v) is 11.2. The predicted molar refractivity (Wildman–Crippen MR) is 114 cm³/mol. The lowest BCUT2D eigenvalue weighted by molar-refractivity contribution is -0.133. The van der Waals surface area contributed by atoms with Crippen LogP contribution in [0.5, 0.6) is 0 Å². The Labute approximate surface area is 174 Å². The minimum atomic E-state index is -3.60. The molecule has 1 amide bonds. The highest BCUT2D eigenvalue weighted by atomic mass is 32.2. The van der Waals surface area contributed by atoms with Crippen molar-refractivity contribution in [2.45, 2.75) is 25.3 Å². The standard InChI is InChI=1S/C21H24N4O4S/c1-15-7-8-17(13-16(15)2)30(28,29)24-11-9-23(10-12-24)20(26)14-25-19-6-4-3-5-18(19)22-21(25)27/h3-8,13H,9-12,14H2,1-2H3,(H,22,27). The zero-order valence-electron chi connectivity index (χ0n) is 17.0. The molecule has 9 heteroatoms. The maximum Gasteiger partial charge on any atom is 0.326 e. The van der Waals surface area contributed by atoms with E-state index in [9.17, 15) is 18.0 Å². The smallest absolute Gasteiger partial charge is 0.326 e. The van der Waals surface area contributed by atoms with E-state index in [0.717, 1.165) is 11.1 Å². The second-order valence-corrected chi connectivity index (χ2v) is 9.50. The van der Waals surface area contributed by atoms with Gasteiger partial charge in [-0.05, 0) is 49.2 Å². The number of sulfonamides is 1. The summed E-state index contributed by atoms with van der Waals surface area (Å²) in [5.41, 5.74) is 2.98. The second-order valence-electron chi connectivity index (χ2n) is 7.56. The number of hydrogen-bond donors (Lipinski definition) is 1. The Morgan fingerprint density at radius 2 is 1.70 bits per heavy atom. The van der Waals surface area contributed by atoms with Crippen LogP contribution in [0.3, 0.4) is 0 Å². The highest BCUT2D eigenvalue weighted by Gasteiger charge is 2.30. The van der Waals surface area contributed by atoms with Crippen LogP contribution in [0, 0.1) is 13.8 Å². The number of rotatable bonds is 4. The molecule has 0 unspecified atom stereocenters. The molecule has 30 heavy (non-hydrogen) atoms. The normalized spacial score (nSPS) is 15.6. The Kier molecular flexibility index (Phi) is 5.25. The van der Waals surface area contributed by atoms with Crippen molar-refractivity contribution in [3.05, 3.63) is 64.1 Å². The molecule has 1 saturated heterocycles. The van der Waals surface area contributed by atoms with Crippen molar-refractivity contribution in [3.8, 4) is 0 Å². The van der Waals surface area contributed by atoms with E-state index in [1.54, 1.807) is 35.2 Å². The number of para-hydroxylation sites is 2. The van der Waals surface area contributed by atoms with Crippen LogP contribution in [-0.4, -0.2) is 59.3 Å². The molecule has 8 nitrogen and oxygen atoms in total. The van der Waals surface area contributed by atoms with Crippen molar-refractivity contribution in [2.75, 3.05) is 26.2 Å². The lowest BCUT2D eigenvalue weighted by Crippen LogP contribution is -2.51. The number of carbonyl (C=O) groups is 1. The number of nitrogens with one attached hydrogen (secondary N) is 1. The van der Waals surface area contributed by atoms with E-state index in [4.69, 9.17) is 0 Å². The Morgan fingerprint density at radius 3 is 2.40 bits per heavy atom. The van der Waals surface area contributed by atoms with Crippen LogP contribution in [0.15, 0.2) is 52.2 Å². The van der Waals surface area contributed by atoms with Crippen LogP contribution in [0.4, 0.5) is 0 Å². The van der Waals surface area contributed by atoms with Gasteiger partial charge in [0.2, 0.25) is 15.9 Å². The van der Waals surface area contributed by atoms with Crippen molar-refractivity contribution < 1.29 is 13.2 Å². The third kappa shape index (κ3) is 3.66. The Hall–Kier alpha value is -2.91. The van der Waals surface area contributed by atoms with E-state index < -0.39 is 10.0 Å². The molecule has 1 N–H and O–H groups in total. The molecule has 2 heterocycles. The lowest BCUT2D eigenvalue weighted by Gasteiger charge is -2.34. The predicted octanol–water partition coefficient (Wildman–Crippen LogP) is 1.48. The third-order valence-electron chi connectivity index (χ3n) is 5.68. The van der Waals surface area contributed by atoms with E-state index >= 15 is 0 Å². The Bertz CT molecular complexity index is 1270. The van der Waals surface area contributed by atoms with Crippen molar-refractivity contribution >= 4 is 27.0 Å². The number of nitrogens with zero attached hydrogens (tertiary/aromatic N) is 3. The van der Waals surface area contributed by atoms with E-state index in [0.29, 0.717) is 24.1 Å². The summed E-state index contributed by atoms with van der Waals surface area (Å²) in [4.78, 5) is 29.6. The molecule has 1 fully saturated rings. The van der Waals surface area contributed by atoms with Gasteiger partial charge in [0.05, 0.1) is 15.9 Å². The number of amides is 1. The number of piperazine rings is 1. The van der Waals surface area contributed by atoms with Gasteiger partial charge >= 0.3 is 5.69 Å². The number of aromatic nitrogens is 2. The number of carbonyl (C=O) groups excluding carboxylic acids is 1. The molecule has 0 radical (unpaired) electrons. The number of hydrogen-bond acceptors (Lipinski definition) is 4. The number of H-pyrrole nitrogens is 1. The largest absolute Gasteiger partial charge is 0.338 e. The van der Waals surface area contributed by atoms with Gasteiger partial charge in [-0.25, -0.2) is 13.2 Å². The summed E-state index contributed by atoms with van der Waals surface area (Å²) in [6.45, 7) is 4.78. The summed E-state index contributed by atoms with van der Waals surface area (Å²) < 4.78 is 28.7. The first-order valence-electron chi connectivity index (χ1n) is 9.80. The summed E-state index contributed by atoms with van der Waals surface area (Å²) in [7, 11) is -3.60. The molecule has 1 aliphatic heterocycles. The second kappa shape index (κ2) is 7.73. The summed E-state index contributed by atoms with van der Waals surface area (Å²) in [5, 5.41) is 0. The molecular formula is C21H24N4O4S. The fourth-order valence-electron chi connectivity index (χ4n) is 3.70. The van der Waals surface area contributed by atoms with Gasteiger partial charge in [0, 0.05) is 26.2 Å². The summed E-state index contributed by atoms with van der Waals surface area (Å²) in [5.74, 6) is -0.204. The molecule has 2 aromatic carbocycles. The molecule has 1 aromatic heterocycles. The van der Waals surface area contributed by atoms with Crippen molar-refractivity contribution in [2.24, 2.45) is 0 Å². The number of benzene rings is 2. The van der Waals surface area contributed by atoms with Gasteiger partial charge in [-0.1, -0.05) is 18.2 Å². The summed E-state index contributed by atoms with van der Waals surface area (Å²) >= 11 is 0. The van der Waals surface area contributed by atoms with E-state index in [2.05, 4.69) is 4.98 Å². The van der Waals surface area contributed by atoms with Gasteiger partial charge in [-0.15, -0.1) is 0 Å². The highest BCUT2D eigenvalue weighted by Crippen LogP contribution is 2.20. The van der Waals surface area contributed by atoms with E-state index in [1.807, 2.05) is 26.0 Å². The SMILES string of the molecule is Cc1ccc(S(=O)(=O)N2CCN(C(=O)Cn3c(=O)[nH]c4ccccc43)CC2)cc1C. The topological polar surface area (TPSA) is 95.5 Å². The van der Waals surface area contributed by atoms with Crippen LogP contribution in [0.2, 0.25) is 0 Å². The number of fused-ring (bicyclic) bond motifs is 1. The fourth-order valence-corrected chi connectivity index (χ4v) is 5.21. The number of imidazole rings is 1. The van der Waals surface area contributed by atoms with Gasteiger partial charge < -0.3 is 9.88 Å². The minimum absolute atomic E-state index is 0.0766. The zero-order valence-corrected chi connectivity index (χ0v) is 17.8. The number of aryl methyl sites for hydroxylation is 2. The molecule has 4 rings (SSSR count). The van der Waals surface area contributed by atoms with Gasteiger partial charge in [-0.2, -0.15) is 4.31 Å². The van der Waals surface area contributed by atoms with Crippen LogP contribution in [-0.2, 0) is 21.4 Å². The molecule has 1 aliphatic rings. The monoisotopic (exact) mass is 428 g/mol. The summed E-state index contributed by atoms with van der Waals surface area (Å²) in [6, 6.07) is 12.3. The van der Waals surface area contributed by atoms with Gasteiger partial charge in [0.1, 0.15) is 6.54 Å². The third-order valence-corrected chi connectivity index (χ3v) is 7.58. The molecule has 0 saturated carbocycles. The van der Waals surface area contributed by atoms with E-state index in [-0.39, 0.29) is 36.1 Å². The number of aromatic amines is 1. The molecule has 0 bridgehead atoms. The first-order chi connectivity index (χ1) is 14.3. The van der Waals surface area contributed by atoms with Crippen molar-refractivity contribution in [1.82, 2.24) is 18.8 Å². The van der Waals surface area contributed by atoms with Crippen LogP contribution in [0.1, 0.15) is 11.1 Å². The lowest BCUT2D eigenvalue weighted by atomic mass is 10.1. The van der Waals surface area contributed by atoms with Crippen LogP contribution < -0.4 is 5.69 Å². The van der Waals surface area contributed by atoms with Crippen molar-refractivity contribution in [1.29, 1.82) is 0 Å². The quantitative estimate of drug-likeness (QED) is 0.681. The summed E-state index contributed by atoms with van der Waals surface area (Å²) in [6.07, 6.45) is 0. The van der Waals surface area contributed by atoms with Crippen molar-refractivity contribution in [3.63, 3.8) is 0 Å². The average Bonchev–Trinajstić information content (AvgIpc) is 3.05. The van der Waals surface area contributed by atoms with E-state index in [1.165, 1.54) is 8.87 Å². The van der Waals surface area contributed by atoms with Crippen LogP contribution >= 0.6 is 0 Å². The molecular weight excluding hydrogens is 404 g/mol. The average molecular weight is 429 g/mol. The van der Waals surface area contributed by atoms with Gasteiger partial charge in [-0.3, -0.25) is 9.36 Å². The van der Waals surface area contributed by atoms with Gasteiger partial charge in [0.15, 0.2) is 0 Å². The minimum Gasteiger partial charge on any atom is -0.338 e. The first kappa shape index (κ1) is 20.4. The maximum absolute atomic E-state index is 12.9. The van der Waals surface area contributed by atoms with Crippen LogP contribution in [0.25, 0.3) is 11.0 Å². The molecule has 3 aromatic rings.